The van der Waals surface area contributed by atoms with Crippen LogP contribution in [0.2, 0.25) is 0 Å². The number of hydrogen-bond acceptors (Lipinski definition) is 2. The van der Waals surface area contributed by atoms with Crippen molar-refractivity contribution in [3.63, 3.8) is 0 Å². The number of rotatable bonds is 3. The number of anilines is 1. The number of aromatic hydroxyl groups is 1. The summed E-state index contributed by atoms with van der Waals surface area (Å²) in [5, 5.41) is 12.0. The van der Waals surface area contributed by atoms with E-state index >= 15 is 0 Å². The SMILES string of the molecule is CC(Nc1ccccc1F)c1ccc(O)cc1F. The molecule has 1 atom stereocenters. The summed E-state index contributed by atoms with van der Waals surface area (Å²) in [5.74, 6) is -1.04. The highest BCUT2D eigenvalue weighted by atomic mass is 19.1. The van der Waals surface area contributed by atoms with Gasteiger partial charge < -0.3 is 10.4 Å². The Kier molecular flexibility index (Phi) is 3.46. The Labute approximate surface area is 104 Å². The van der Waals surface area contributed by atoms with Gasteiger partial charge in [0.2, 0.25) is 0 Å². The highest BCUT2D eigenvalue weighted by Gasteiger charge is 2.12. The van der Waals surface area contributed by atoms with E-state index in [1.54, 1.807) is 25.1 Å². The molecule has 4 heteroatoms. The quantitative estimate of drug-likeness (QED) is 0.866. The minimum atomic E-state index is -0.522. The summed E-state index contributed by atoms with van der Waals surface area (Å²) in [6, 6.07) is 9.72. The molecule has 0 radical (unpaired) electrons. The Bertz CT molecular complexity index is 557. The molecule has 0 saturated carbocycles. The predicted octanol–water partition coefficient (Wildman–Crippen LogP) is 3.84. The number of phenols is 1. The lowest BCUT2D eigenvalue weighted by molar-refractivity contribution is 0.467. The van der Waals surface area contributed by atoms with Crippen molar-refractivity contribution in [2.75, 3.05) is 5.32 Å². The van der Waals surface area contributed by atoms with Crippen LogP contribution in [0.5, 0.6) is 5.75 Å². The summed E-state index contributed by atoms with van der Waals surface area (Å²) in [4.78, 5) is 0. The van der Waals surface area contributed by atoms with Crippen LogP contribution in [-0.4, -0.2) is 5.11 Å². The fourth-order valence-electron chi connectivity index (χ4n) is 1.76. The molecule has 94 valence electrons. The molecular formula is C14H13F2NO. The molecule has 2 aromatic rings. The molecule has 0 heterocycles. The molecule has 2 rings (SSSR count). The van der Waals surface area contributed by atoms with Crippen molar-refractivity contribution in [1.29, 1.82) is 0 Å². The molecule has 0 bridgehead atoms. The van der Waals surface area contributed by atoms with Crippen molar-refractivity contribution in [3.05, 3.63) is 59.7 Å². The van der Waals surface area contributed by atoms with Crippen LogP contribution in [0.15, 0.2) is 42.5 Å². The van der Waals surface area contributed by atoms with Gasteiger partial charge in [0, 0.05) is 11.6 Å². The fourth-order valence-corrected chi connectivity index (χ4v) is 1.76. The Morgan fingerprint density at radius 3 is 2.44 bits per heavy atom. The van der Waals surface area contributed by atoms with Crippen LogP contribution in [0, 0.1) is 11.6 Å². The topological polar surface area (TPSA) is 32.3 Å². The first-order chi connectivity index (χ1) is 8.58. The highest BCUT2D eigenvalue weighted by molar-refractivity contribution is 5.47. The van der Waals surface area contributed by atoms with Gasteiger partial charge in [-0.05, 0) is 25.1 Å². The minimum Gasteiger partial charge on any atom is -0.508 e. The van der Waals surface area contributed by atoms with Gasteiger partial charge in [-0.3, -0.25) is 0 Å². The van der Waals surface area contributed by atoms with Crippen LogP contribution < -0.4 is 5.32 Å². The van der Waals surface area contributed by atoms with Crippen molar-refractivity contribution in [2.24, 2.45) is 0 Å². The largest absolute Gasteiger partial charge is 0.508 e. The minimum absolute atomic E-state index is 0.130. The third-order valence-electron chi connectivity index (χ3n) is 2.70. The first-order valence-electron chi connectivity index (χ1n) is 5.57. The van der Waals surface area contributed by atoms with Crippen LogP contribution >= 0.6 is 0 Å². The molecule has 0 amide bonds. The van der Waals surface area contributed by atoms with Gasteiger partial charge in [-0.1, -0.05) is 18.2 Å². The maximum Gasteiger partial charge on any atom is 0.146 e. The van der Waals surface area contributed by atoms with Crippen LogP contribution in [0.3, 0.4) is 0 Å². The van der Waals surface area contributed by atoms with Crippen molar-refractivity contribution in [1.82, 2.24) is 0 Å². The molecule has 0 saturated heterocycles. The van der Waals surface area contributed by atoms with Crippen molar-refractivity contribution in [3.8, 4) is 5.75 Å². The van der Waals surface area contributed by atoms with E-state index in [1.165, 1.54) is 18.2 Å². The number of nitrogens with one attached hydrogen (secondary N) is 1. The summed E-state index contributed by atoms with van der Waals surface area (Å²) >= 11 is 0. The second-order valence-corrected chi connectivity index (χ2v) is 4.05. The second kappa shape index (κ2) is 5.04. The molecule has 2 nitrogen and oxygen atoms in total. The monoisotopic (exact) mass is 249 g/mol. The molecule has 2 N–H and O–H groups in total. The number of benzene rings is 2. The normalized spacial score (nSPS) is 12.2. The Hall–Kier alpha value is -2.10. The molecule has 0 aliphatic rings. The molecule has 2 aromatic carbocycles. The predicted molar refractivity (Wildman–Crippen MR) is 66.5 cm³/mol. The fraction of sp³-hybridized carbons (Fsp3) is 0.143. The van der Waals surface area contributed by atoms with E-state index in [1.807, 2.05) is 0 Å². The lowest BCUT2D eigenvalue weighted by Gasteiger charge is -2.17. The molecular weight excluding hydrogens is 236 g/mol. The van der Waals surface area contributed by atoms with Crippen LogP contribution in [-0.2, 0) is 0 Å². The van der Waals surface area contributed by atoms with Crippen molar-refractivity contribution in [2.45, 2.75) is 13.0 Å². The first-order valence-corrected chi connectivity index (χ1v) is 5.57. The number of hydrogen-bond donors (Lipinski definition) is 2. The van der Waals surface area contributed by atoms with Gasteiger partial charge in [0.15, 0.2) is 0 Å². The standard InChI is InChI=1S/C14H13F2NO/c1-9(11-7-6-10(18)8-13(11)16)17-14-5-3-2-4-12(14)15/h2-9,17-18H,1H3. The number of para-hydroxylation sites is 1. The summed E-state index contributed by atoms with van der Waals surface area (Å²) in [6.45, 7) is 1.72. The zero-order valence-electron chi connectivity index (χ0n) is 9.82. The van der Waals surface area contributed by atoms with Crippen molar-refractivity contribution >= 4 is 5.69 Å². The lowest BCUT2D eigenvalue weighted by Crippen LogP contribution is -2.09. The van der Waals surface area contributed by atoms with Crippen molar-refractivity contribution < 1.29 is 13.9 Å². The lowest BCUT2D eigenvalue weighted by atomic mass is 10.1. The molecule has 0 fully saturated rings. The van der Waals surface area contributed by atoms with Gasteiger partial charge in [-0.2, -0.15) is 0 Å². The number of halogens is 2. The van der Waals surface area contributed by atoms with E-state index < -0.39 is 11.9 Å². The Balaban J connectivity index is 2.22. The summed E-state index contributed by atoms with van der Waals surface area (Å²) in [7, 11) is 0. The van der Waals surface area contributed by atoms with Crippen LogP contribution in [0.25, 0.3) is 0 Å². The molecule has 1 unspecified atom stereocenters. The maximum absolute atomic E-state index is 13.6. The van der Waals surface area contributed by atoms with E-state index in [2.05, 4.69) is 5.32 Å². The van der Waals surface area contributed by atoms with Gasteiger partial charge in [0.05, 0.1) is 11.7 Å². The van der Waals surface area contributed by atoms with Gasteiger partial charge in [-0.25, -0.2) is 8.78 Å². The molecule has 0 aliphatic carbocycles. The zero-order chi connectivity index (χ0) is 13.1. The summed E-state index contributed by atoms with van der Waals surface area (Å²) in [5.41, 5.74) is 0.688. The van der Waals surface area contributed by atoms with E-state index in [0.29, 0.717) is 11.3 Å². The van der Waals surface area contributed by atoms with Gasteiger partial charge in [-0.15, -0.1) is 0 Å². The average molecular weight is 249 g/mol. The summed E-state index contributed by atoms with van der Waals surface area (Å²) < 4.78 is 27.0. The van der Waals surface area contributed by atoms with Gasteiger partial charge in [0.1, 0.15) is 17.4 Å². The van der Waals surface area contributed by atoms with Gasteiger partial charge >= 0.3 is 0 Å². The molecule has 0 aliphatic heterocycles. The third-order valence-corrected chi connectivity index (χ3v) is 2.70. The smallest absolute Gasteiger partial charge is 0.146 e. The Morgan fingerprint density at radius 1 is 1.06 bits per heavy atom. The zero-order valence-corrected chi connectivity index (χ0v) is 9.82. The second-order valence-electron chi connectivity index (χ2n) is 4.05. The van der Waals surface area contributed by atoms with Crippen LogP contribution in [0.1, 0.15) is 18.5 Å². The van der Waals surface area contributed by atoms with E-state index in [-0.39, 0.29) is 11.6 Å². The first kappa shape index (κ1) is 12.4. The number of phenolic OH excluding ortho intramolecular Hbond substituents is 1. The Morgan fingerprint density at radius 2 is 1.78 bits per heavy atom. The third kappa shape index (κ3) is 2.59. The van der Waals surface area contributed by atoms with E-state index in [9.17, 15) is 8.78 Å². The summed E-state index contributed by atoms with van der Waals surface area (Å²) in [6.07, 6.45) is 0. The van der Waals surface area contributed by atoms with Crippen LogP contribution in [0.4, 0.5) is 14.5 Å². The highest BCUT2D eigenvalue weighted by Crippen LogP contribution is 2.25. The van der Waals surface area contributed by atoms with E-state index in [0.717, 1.165) is 6.07 Å². The van der Waals surface area contributed by atoms with E-state index in [4.69, 9.17) is 5.11 Å². The van der Waals surface area contributed by atoms with Gasteiger partial charge in [0.25, 0.3) is 0 Å². The average Bonchev–Trinajstić information content (AvgIpc) is 2.32. The molecule has 0 spiro atoms. The molecule has 18 heavy (non-hydrogen) atoms. The molecule has 0 aromatic heterocycles. The maximum atomic E-state index is 13.6.